The molecule has 92 valence electrons. The highest BCUT2D eigenvalue weighted by molar-refractivity contribution is 6.33. The van der Waals surface area contributed by atoms with Crippen LogP contribution in [0.4, 0.5) is 20.8 Å². The molecule has 0 atom stereocenters. The van der Waals surface area contributed by atoms with Crippen LogP contribution in [-0.4, -0.2) is 16.0 Å². The van der Waals surface area contributed by atoms with Crippen LogP contribution in [0.25, 0.3) is 0 Å². The molecule has 7 heteroatoms. The van der Waals surface area contributed by atoms with Crippen molar-refractivity contribution in [2.45, 2.75) is 0 Å². The Labute approximate surface area is 107 Å². The lowest BCUT2D eigenvalue weighted by molar-refractivity contribution is 0.262. The highest BCUT2D eigenvalue weighted by Crippen LogP contribution is 2.24. The van der Waals surface area contributed by atoms with Crippen molar-refractivity contribution in [3.8, 4) is 0 Å². The van der Waals surface area contributed by atoms with Gasteiger partial charge in [0.1, 0.15) is 5.82 Å². The summed E-state index contributed by atoms with van der Waals surface area (Å²) in [5, 5.41) is 4.75. The highest BCUT2D eigenvalue weighted by atomic mass is 35.5. The molecule has 0 aliphatic rings. The van der Waals surface area contributed by atoms with E-state index in [4.69, 9.17) is 11.6 Å². The maximum absolute atomic E-state index is 13.4. The minimum atomic E-state index is -0.673. The number of hydrogen-bond acceptors (Lipinski definition) is 3. The maximum Gasteiger partial charge on any atom is 0.326 e. The normalized spacial score (nSPS) is 9.89. The van der Waals surface area contributed by atoms with Crippen LogP contribution in [0.15, 0.2) is 36.7 Å². The Morgan fingerprint density at radius 1 is 1.17 bits per heavy atom. The first-order chi connectivity index (χ1) is 8.66. The predicted molar refractivity (Wildman–Crippen MR) is 66.1 cm³/mol. The second kappa shape index (κ2) is 5.42. The summed E-state index contributed by atoms with van der Waals surface area (Å²) < 4.78 is 13.4. The third-order valence-corrected chi connectivity index (χ3v) is 2.31. The van der Waals surface area contributed by atoms with Crippen molar-refractivity contribution in [3.05, 3.63) is 47.5 Å². The average molecular weight is 267 g/mol. The number of para-hydroxylation sites is 1. The molecule has 0 bridgehead atoms. The largest absolute Gasteiger partial charge is 0.326 e. The number of benzene rings is 1. The molecule has 0 spiro atoms. The molecular weight excluding hydrogens is 259 g/mol. The van der Waals surface area contributed by atoms with Crippen molar-refractivity contribution in [3.63, 3.8) is 0 Å². The number of carbonyl (C=O) groups is 1. The van der Waals surface area contributed by atoms with Crippen molar-refractivity contribution < 1.29 is 9.18 Å². The van der Waals surface area contributed by atoms with Crippen molar-refractivity contribution in [1.82, 2.24) is 9.97 Å². The van der Waals surface area contributed by atoms with Crippen molar-refractivity contribution >= 4 is 29.3 Å². The first-order valence-electron chi connectivity index (χ1n) is 4.96. The average Bonchev–Trinajstić information content (AvgIpc) is 2.35. The molecule has 2 N–H and O–H groups in total. The van der Waals surface area contributed by atoms with Gasteiger partial charge in [0, 0.05) is 12.4 Å². The van der Waals surface area contributed by atoms with E-state index in [-0.39, 0.29) is 16.7 Å². The van der Waals surface area contributed by atoms with Gasteiger partial charge in [0.25, 0.3) is 0 Å². The summed E-state index contributed by atoms with van der Waals surface area (Å²) >= 11 is 5.76. The summed E-state index contributed by atoms with van der Waals surface area (Å²) in [6, 6.07) is 5.05. The quantitative estimate of drug-likeness (QED) is 0.878. The summed E-state index contributed by atoms with van der Waals surface area (Å²) in [4.78, 5) is 19.1. The van der Waals surface area contributed by atoms with Crippen LogP contribution in [0, 0.1) is 5.82 Å². The minimum absolute atomic E-state index is 0.0902. The fourth-order valence-corrected chi connectivity index (χ4v) is 1.44. The lowest BCUT2D eigenvalue weighted by Gasteiger charge is -2.08. The summed E-state index contributed by atoms with van der Waals surface area (Å²) in [5.41, 5.74) is -0.0902. The van der Waals surface area contributed by atoms with Crippen LogP contribution in [0.2, 0.25) is 5.02 Å². The van der Waals surface area contributed by atoms with Crippen LogP contribution in [-0.2, 0) is 0 Å². The molecule has 0 aliphatic carbocycles. The molecule has 2 amide bonds. The van der Waals surface area contributed by atoms with Crippen molar-refractivity contribution in [2.75, 3.05) is 10.6 Å². The number of nitrogens with zero attached hydrogens (tertiary/aromatic N) is 2. The number of carbonyl (C=O) groups excluding carboxylic acids is 1. The Hall–Kier alpha value is -2.21. The maximum atomic E-state index is 13.4. The first kappa shape index (κ1) is 12.3. The Morgan fingerprint density at radius 3 is 2.56 bits per heavy atom. The van der Waals surface area contributed by atoms with Gasteiger partial charge in [-0.2, -0.15) is 0 Å². The number of rotatable bonds is 2. The van der Waals surface area contributed by atoms with E-state index in [2.05, 4.69) is 20.6 Å². The summed E-state index contributed by atoms with van der Waals surface area (Å²) in [5.74, 6) is -0.505. The molecule has 1 heterocycles. The van der Waals surface area contributed by atoms with Crippen molar-refractivity contribution in [1.29, 1.82) is 0 Å². The van der Waals surface area contributed by atoms with E-state index in [1.54, 1.807) is 6.07 Å². The zero-order chi connectivity index (χ0) is 13.0. The Kier molecular flexibility index (Phi) is 3.69. The molecule has 0 aliphatic heterocycles. The second-order valence-electron chi connectivity index (χ2n) is 3.25. The molecule has 0 saturated carbocycles. The van der Waals surface area contributed by atoms with Crippen molar-refractivity contribution in [2.24, 2.45) is 0 Å². The van der Waals surface area contributed by atoms with Gasteiger partial charge in [0.15, 0.2) is 0 Å². The minimum Gasteiger partial charge on any atom is -0.304 e. The third kappa shape index (κ3) is 2.92. The van der Waals surface area contributed by atoms with Gasteiger partial charge in [0.2, 0.25) is 5.95 Å². The number of halogens is 2. The fourth-order valence-electron chi connectivity index (χ4n) is 1.23. The molecule has 0 unspecified atom stereocenters. The van der Waals surface area contributed by atoms with Crippen LogP contribution in [0.5, 0.6) is 0 Å². The second-order valence-corrected chi connectivity index (χ2v) is 3.66. The summed E-state index contributed by atoms with van der Waals surface area (Å²) in [6.45, 7) is 0. The lowest BCUT2D eigenvalue weighted by Crippen LogP contribution is -2.21. The number of hydrogen-bond donors (Lipinski definition) is 2. The van der Waals surface area contributed by atoms with Gasteiger partial charge in [-0.1, -0.05) is 17.7 Å². The topological polar surface area (TPSA) is 66.9 Å². The predicted octanol–water partition coefficient (Wildman–Crippen LogP) is 2.91. The fraction of sp³-hybridized carbons (Fsp3) is 0. The molecule has 1 aromatic carbocycles. The smallest absolute Gasteiger partial charge is 0.304 e. The molecule has 0 radical (unpaired) electrons. The van der Waals surface area contributed by atoms with E-state index in [1.807, 2.05) is 0 Å². The van der Waals surface area contributed by atoms with Crippen LogP contribution in [0.3, 0.4) is 0 Å². The monoisotopic (exact) mass is 266 g/mol. The summed E-state index contributed by atoms with van der Waals surface area (Å²) in [6.07, 6.45) is 2.94. The Balaban J connectivity index is 2.08. The summed E-state index contributed by atoms with van der Waals surface area (Å²) in [7, 11) is 0. The molecule has 1 aromatic heterocycles. The molecule has 18 heavy (non-hydrogen) atoms. The Morgan fingerprint density at radius 2 is 1.89 bits per heavy atom. The van der Waals surface area contributed by atoms with E-state index in [9.17, 15) is 9.18 Å². The lowest BCUT2D eigenvalue weighted by atomic mass is 10.3. The molecule has 5 nitrogen and oxygen atoms in total. The van der Waals surface area contributed by atoms with E-state index in [1.165, 1.54) is 30.6 Å². The highest BCUT2D eigenvalue weighted by Gasteiger charge is 2.11. The molecule has 2 aromatic rings. The molecule has 0 saturated heterocycles. The van der Waals surface area contributed by atoms with Gasteiger partial charge in [-0.3, -0.25) is 5.32 Å². The van der Waals surface area contributed by atoms with E-state index in [0.29, 0.717) is 0 Å². The van der Waals surface area contributed by atoms with Crippen LogP contribution in [0.1, 0.15) is 0 Å². The zero-order valence-electron chi connectivity index (χ0n) is 9.02. The molecule has 2 rings (SSSR count). The van der Waals surface area contributed by atoms with Gasteiger partial charge in [-0.05, 0) is 18.2 Å². The molecular formula is C11H8ClFN4O. The van der Waals surface area contributed by atoms with Gasteiger partial charge in [-0.15, -0.1) is 0 Å². The number of urea groups is 1. The third-order valence-electron chi connectivity index (χ3n) is 1.99. The van der Waals surface area contributed by atoms with E-state index in [0.717, 1.165) is 0 Å². The van der Waals surface area contributed by atoms with E-state index < -0.39 is 11.8 Å². The van der Waals surface area contributed by atoms with Gasteiger partial charge in [0.05, 0.1) is 10.7 Å². The van der Waals surface area contributed by atoms with Crippen LogP contribution >= 0.6 is 11.6 Å². The zero-order valence-corrected chi connectivity index (χ0v) is 9.78. The van der Waals surface area contributed by atoms with Gasteiger partial charge in [-0.25, -0.2) is 19.2 Å². The first-order valence-corrected chi connectivity index (χ1v) is 5.33. The number of nitrogens with one attached hydrogen (secondary N) is 2. The number of amides is 2. The van der Waals surface area contributed by atoms with E-state index >= 15 is 0 Å². The number of aromatic nitrogens is 2. The van der Waals surface area contributed by atoms with Gasteiger partial charge >= 0.3 is 6.03 Å². The van der Waals surface area contributed by atoms with Crippen LogP contribution < -0.4 is 10.6 Å². The SMILES string of the molecule is O=C(Nc1ncccn1)Nc1c(F)cccc1Cl. The standard InChI is InChI=1S/C11H8ClFN4O/c12-7-3-1-4-8(13)9(7)16-11(18)17-10-14-5-2-6-15-10/h1-6H,(H2,14,15,16,17,18). The number of anilines is 2. The Bertz CT molecular complexity index is 544. The van der Waals surface area contributed by atoms with Gasteiger partial charge < -0.3 is 5.32 Å². The molecule has 0 fully saturated rings.